The van der Waals surface area contributed by atoms with Crippen molar-refractivity contribution in [1.29, 1.82) is 0 Å². The van der Waals surface area contributed by atoms with Crippen molar-refractivity contribution in [1.82, 2.24) is 5.32 Å². The zero-order valence-corrected chi connectivity index (χ0v) is 11.6. The van der Waals surface area contributed by atoms with Gasteiger partial charge in [0, 0.05) is 12.2 Å². The Kier molecular flexibility index (Phi) is 4.43. The van der Waals surface area contributed by atoms with Crippen LogP contribution in [-0.4, -0.2) is 23.8 Å². The average Bonchev–Trinajstić information content (AvgIpc) is 3.22. The summed E-state index contributed by atoms with van der Waals surface area (Å²) in [7, 11) is 0. The van der Waals surface area contributed by atoms with Gasteiger partial charge >= 0.3 is 6.03 Å². The molecule has 104 valence electrons. The maximum Gasteiger partial charge on any atom is 0.319 e. The minimum atomic E-state index is -0.407. The lowest BCUT2D eigenvalue weighted by molar-refractivity contribution is 0.150. The first-order valence-electron chi connectivity index (χ1n) is 6.92. The van der Waals surface area contributed by atoms with E-state index in [0.29, 0.717) is 12.5 Å². The molecule has 0 aromatic heterocycles. The quantitative estimate of drug-likeness (QED) is 0.763. The zero-order chi connectivity index (χ0) is 13.8. The monoisotopic (exact) mass is 262 g/mol. The molecule has 0 heterocycles. The van der Waals surface area contributed by atoms with Crippen LogP contribution in [0.5, 0.6) is 0 Å². The van der Waals surface area contributed by atoms with Crippen molar-refractivity contribution < 1.29 is 9.90 Å². The van der Waals surface area contributed by atoms with Gasteiger partial charge in [0.15, 0.2) is 0 Å². The normalized spacial score (nSPS) is 15.9. The van der Waals surface area contributed by atoms with Gasteiger partial charge in [-0.2, -0.15) is 0 Å². The Morgan fingerprint density at radius 3 is 2.84 bits per heavy atom. The molecule has 1 fully saturated rings. The van der Waals surface area contributed by atoms with Gasteiger partial charge in [0.2, 0.25) is 0 Å². The van der Waals surface area contributed by atoms with Gasteiger partial charge in [-0.05, 0) is 55.4 Å². The molecular weight excluding hydrogens is 240 g/mol. The van der Waals surface area contributed by atoms with Crippen LogP contribution in [0.25, 0.3) is 0 Å². The Hall–Kier alpha value is -1.55. The third-order valence-corrected chi connectivity index (χ3v) is 3.63. The van der Waals surface area contributed by atoms with Crippen LogP contribution in [-0.2, 0) is 6.42 Å². The molecule has 1 aromatic carbocycles. The molecule has 19 heavy (non-hydrogen) atoms. The number of hydrogen-bond donors (Lipinski definition) is 3. The second kappa shape index (κ2) is 6.06. The fourth-order valence-electron chi connectivity index (χ4n) is 2.15. The third kappa shape index (κ3) is 3.96. The maximum atomic E-state index is 11.7. The summed E-state index contributed by atoms with van der Waals surface area (Å²) in [6.07, 6.45) is 2.68. The van der Waals surface area contributed by atoms with E-state index in [2.05, 4.69) is 24.5 Å². The van der Waals surface area contributed by atoms with Crippen LogP contribution in [0.4, 0.5) is 10.5 Å². The standard InChI is InChI=1S/C15H22N2O2/c1-3-11-8-13(7-4-10(11)2)17-15(19)16-9-14(18)12-5-6-12/h4,7-8,12,14,18H,3,5-6,9H2,1-2H3,(H2,16,17,19). The molecular formula is C15H22N2O2. The first-order chi connectivity index (χ1) is 9.10. The lowest BCUT2D eigenvalue weighted by Crippen LogP contribution is -2.36. The molecule has 3 N–H and O–H groups in total. The minimum Gasteiger partial charge on any atom is -0.391 e. The molecule has 1 atom stereocenters. The van der Waals surface area contributed by atoms with Gasteiger partial charge in [0.25, 0.3) is 0 Å². The fraction of sp³-hybridized carbons (Fsp3) is 0.533. The molecule has 2 amide bonds. The molecule has 1 aliphatic carbocycles. The number of nitrogens with one attached hydrogen (secondary N) is 2. The first-order valence-corrected chi connectivity index (χ1v) is 6.92. The van der Waals surface area contributed by atoms with Gasteiger partial charge in [-0.25, -0.2) is 4.79 Å². The van der Waals surface area contributed by atoms with Crippen molar-refractivity contribution >= 4 is 11.7 Å². The highest BCUT2D eigenvalue weighted by atomic mass is 16.3. The topological polar surface area (TPSA) is 61.4 Å². The molecule has 0 radical (unpaired) electrons. The largest absolute Gasteiger partial charge is 0.391 e. The summed E-state index contributed by atoms with van der Waals surface area (Å²) in [5.41, 5.74) is 3.26. The Balaban J connectivity index is 1.84. The number of hydrogen-bond acceptors (Lipinski definition) is 2. The second-order valence-electron chi connectivity index (χ2n) is 5.23. The zero-order valence-electron chi connectivity index (χ0n) is 11.6. The first kappa shape index (κ1) is 13.9. The van der Waals surface area contributed by atoms with Gasteiger partial charge in [-0.15, -0.1) is 0 Å². The Morgan fingerprint density at radius 2 is 2.21 bits per heavy atom. The smallest absolute Gasteiger partial charge is 0.319 e. The predicted octanol–water partition coefficient (Wildman–Crippen LogP) is 2.45. The van der Waals surface area contributed by atoms with Gasteiger partial charge in [-0.3, -0.25) is 0 Å². The van der Waals surface area contributed by atoms with Crippen molar-refractivity contribution in [3.63, 3.8) is 0 Å². The van der Waals surface area contributed by atoms with E-state index < -0.39 is 6.10 Å². The van der Waals surface area contributed by atoms with Crippen LogP contribution in [0.3, 0.4) is 0 Å². The van der Waals surface area contributed by atoms with Crippen LogP contribution in [0.15, 0.2) is 18.2 Å². The van der Waals surface area contributed by atoms with Gasteiger partial charge in [0.05, 0.1) is 6.10 Å². The molecule has 0 saturated heterocycles. The summed E-state index contributed by atoms with van der Waals surface area (Å²) >= 11 is 0. The van der Waals surface area contributed by atoms with Crippen LogP contribution in [0.2, 0.25) is 0 Å². The fourth-order valence-corrected chi connectivity index (χ4v) is 2.15. The lowest BCUT2D eigenvalue weighted by atomic mass is 10.1. The number of benzene rings is 1. The lowest BCUT2D eigenvalue weighted by Gasteiger charge is -2.12. The maximum absolute atomic E-state index is 11.7. The van der Waals surface area contributed by atoms with Crippen molar-refractivity contribution in [3.05, 3.63) is 29.3 Å². The van der Waals surface area contributed by atoms with E-state index in [1.807, 2.05) is 18.2 Å². The molecule has 1 saturated carbocycles. The summed E-state index contributed by atoms with van der Waals surface area (Å²) in [5, 5.41) is 15.2. The highest BCUT2D eigenvalue weighted by Gasteiger charge is 2.29. The van der Waals surface area contributed by atoms with Crippen molar-refractivity contribution in [2.45, 2.75) is 39.2 Å². The van der Waals surface area contributed by atoms with E-state index in [9.17, 15) is 9.90 Å². The van der Waals surface area contributed by atoms with Crippen molar-refractivity contribution in [2.75, 3.05) is 11.9 Å². The number of rotatable bonds is 5. The van der Waals surface area contributed by atoms with Gasteiger partial charge < -0.3 is 15.7 Å². The Labute approximate surface area is 114 Å². The number of carbonyl (C=O) groups is 1. The molecule has 4 heteroatoms. The van der Waals surface area contributed by atoms with E-state index in [0.717, 1.165) is 24.9 Å². The number of carbonyl (C=O) groups excluding carboxylic acids is 1. The molecule has 1 unspecified atom stereocenters. The van der Waals surface area contributed by atoms with E-state index in [1.165, 1.54) is 11.1 Å². The summed E-state index contributed by atoms with van der Waals surface area (Å²) in [4.78, 5) is 11.7. The van der Waals surface area contributed by atoms with Crippen LogP contribution in [0.1, 0.15) is 30.9 Å². The van der Waals surface area contributed by atoms with Crippen molar-refractivity contribution in [3.8, 4) is 0 Å². The predicted molar refractivity (Wildman–Crippen MR) is 76.3 cm³/mol. The summed E-state index contributed by atoms with van der Waals surface area (Å²) in [6, 6.07) is 5.64. The average molecular weight is 262 g/mol. The molecule has 0 aliphatic heterocycles. The van der Waals surface area contributed by atoms with E-state index in [4.69, 9.17) is 0 Å². The number of amides is 2. The van der Waals surface area contributed by atoms with E-state index >= 15 is 0 Å². The Bertz CT molecular complexity index is 455. The van der Waals surface area contributed by atoms with Crippen molar-refractivity contribution in [2.24, 2.45) is 5.92 Å². The van der Waals surface area contributed by atoms with Crippen LogP contribution < -0.4 is 10.6 Å². The highest BCUT2D eigenvalue weighted by Crippen LogP contribution is 2.32. The summed E-state index contributed by atoms with van der Waals surface area (Å²) in [5.74, 6) is 0.381. The number of aryl methyl sites for hydroxylation is 2. The van der Waals surface area contributed by atoms with Crippen LogP contribution in [0, 0.1) is 12.8 Å². The second-order valence-corrected chi connectivity index (χ2v) is 5.23. The summed E-state index contributed by atoms with van der Waals surface area (Å²) < 4.78 is 0. The van der Waals surface area contributed by atoms with Gasteiger partial charge in [-0.1, -0.05) is 13.0 Å². The van der Waals surface area contributed by atoms with Gasteiger partial charge in [0.1, 0.15) is 0 Å². The molecule has 0 spiro atoms. The molecule has 0 bridgehead atoms. The molecule has 1 aromatic rings. The number of aliphatic hydroxyl groups excluding tert-OH is 1. The molecule has 2 rings (SSSR count). The Morgan fingerprint density at radius 1 is 1.47 bits per heavy atom. The minimum absolute atomic E-state index is 0.259. The highest BCUT2D eigenvalue weighted by molar-refractivity contribution is 5.89. The molecule has 4 nitrogen and oxygen atoms in total. The third-order valence-electron chi connectivity index (χ3n) is 3.63. The van der Waals surface area contributed by atoms with E-state index in [-0.39, 0.29) is 6.03 Å². The molecule has 1 aliphatic rings. The van der Waals surface area contributed by atoms with E-state index in [1.54, 1.807) is 0 Å². The number of aliphatic hydroxyl groups is 1. The number of urea groups is 1. The SMILES string of the molecule is CCc1cc(NC(=O)NCC(O)C2CC2)ccc1C. The number of anilines is 1. The van der Waals surface area contributed by atoms with Crippen LogP contribution >= 0.6 is 0 Å². The summed E-state index contributed by atoms with van der Waals surface area (Å²) in [6.45, 7) is 4.48.